The van der Waals surface area contributed by atoms with Crippen LogP contribution in [0.15, 0.2) is 36.7 Å². The largest absolute Gasteiger partial charge is 0.364 e. The smallest absolute Gasteiger partial charge is 0.182 e. The van der Waals surface area contributed by atoms with Gasteiger partial charge in [0.2, 0.25) is 0 Å². The molecule has 5 nitrogen and oxygen atoms in total. The van der Waals surface area contributed by atoms with Crippen LogP contribution in [0.4, 0.5) is 5.82 Å². The van der Waals surface area contributed by atoms with Crippen LogP contribution < -0.4 is 5.32 Å². The number of nitriles is 1. The zero-order valence-electron chi connectivity index (χ0n) is 14.1. The van der Waals surface area contributed by atoms with Gasteiger partial charge < -0.3 is 5.32 Å². The van der Waals surface area contributed by atoms with Crippen molar-refractivity contribution in [1.82, 2.24) is 14.9 Å². The monoisotopic (exact) mass is 321 g/mol. The molecule has 24 heavy (non-hydrogen) atoms. The summed E-state index contributed by atoms with van der Waals surface area (Å²) in [5.74, 6) is 1.32. The number of anilines is 1. The molecule has 1 aromatic carbocycles. The molecule has 1 aliphatic heterocycles. The van der Waals surface area contributed by atoms with Gasteiger partial charge in [-0.05, 0) is 36.4 Å². The molecular formula is C19H23N5. The van der Waals surface area contributed by atoms with E-state index in [0.29, 0.717) is 18.1 Å². The average Bonchev–Trinajstić information content (AvgIpc) is 2.61. The number of rotatable bonds is 5. The molecule has 1 unspecified atom stereocenters. The van der Waals surface area contributed by atoms with E-state index in [-0.39, 0.29) is 0 Å². The normalized spacial score (nSPS) is 18.1. The van der Waals surface area contributed by atoms with E-state index < -0.39 is 0 Å². The second-order valence-electron chi connectivity index (χ2n) is 6.47. The van der Waals surface area contributed by atoms with Gasteiger partial charge in [0.1, 0.15) is 6.07 Å². The zero-order valence-corrected chi connectivity index (χ0v) is 14.1. The van der Waals surface area contributed by atoms with Crippen LogP contribution in [0.5, 0.6) is 0 Å². The quantitative estimate of drug-likeness (QED) is 0.916. The van der Waals surface area contributed by atoms with Crippen molar-refractivity contribution < 1.29 is 0 Å². The van der Waals surface area contributed by atoms with Gasteiger partial charge in [0.25, 0.3) is 0 Å². The molecule has 1 saturated heterocycles. The molecule has 1 fully saturated rings. The number of aromatic nitrogens is 2. The molecule has 0 amide bonds. The Morgan fingerprint density at radius 1 is 1.25 bits per heavy atom. The highest BCUT2D eigenvalue weighted by molar-refractivity contribution is 5.47. The van der Waals surface area contributed by atoms with E-state index in [1.165, 1.54) is 43.3 Å². The van der Waals surface area contributed by atoms with Gasteiger partial charge in [0.05, 0.1) is 0 Å². The summed E-state index contributed by atoms with van der Waals surface area (Å²) in [6, 6.07) is 10.6. The van der Waals surface area contributed by atoms with E-state index >= 15 is 0 Å². The summed E-state index contributed by atoms with van der Waals surface area (Å²) in [6.07, 6.45) is 5.76. The summed E-state index contributed by atoms with van der Waals surface area (Å²) in [5, 5.41) is 12.4. The summed E-state index contributed by atoms with van der Waals surface area (Å²) < 4.78 is 0. The van der Waals surface area contributed by atoms with E-state index in [9.17, 15) is 0 Å². The predicted octanol–water partition coefficient (Wildman–Crippen LogP) is 3.19. The fraction of sp³-hybridized carbons (Fsp3) is 0.421. The highest BCUT2D eigenvalue weighted by Gasteiger charge is 2.17. The lowest BCUT2D eigenvalue weighted by molar-refractivity contribution is 0.176. The van der Waals surface area contributed by atoms with Crippen molar-refractivity contribution in [3.63, 3.8) is 0 Å². The molecule has 0 aliphatic carbocycles. The van der Waals surface area contributed by atoms with Gasteiger partial charge in [-0.1, -0.05) is 31.2 Å². The molecule has 0 radical (unpaired) electrons. The third-order valence-electron chi connectivity index (χ3n) is 4.50. The molecule has 124 valence electrons. The lowest BCUT2D eigenvalue weighted by atomic mass is 9.99. The zero-order chi connectivity index (χ0) is 16.8. The first kappa shape index (κ1) is 16.4. The van der Waals surface area contributed by atoms with Crippen molar-refractivity contribution in [1.29, 1.82) is 5.26 Å². The Bertz CT molecular complexity index is 722. The van der Waals surface area contributed by atoms with Gasteiger partial charge >= 0.3 is 0 Å². The van der Waals surface area contributed by atoms with E-state index in [2.05, 4.69) is 57.4 Å². The van der Waals surface area contributed by atoms with Crippen LogP contribution in [0.3, 0.4) is 0 Å². The van der Waals surface area contributed by atoms with Gasteiger partial charge in [0.15, 0.2) is 11.5 Å². The SMILES string of the molecule is CC1CCCN(Cc2ccccc2CNc2nccnc2C#N)C1. The molecule has 1 N–H and O–H groups in total. The molecule has 2 aromatic rings. The molecule has 2 heterocycles. The maximum atomic E-state index is 9.11. The van der Waals surface area contributed by atoms with Crippen LogP contribution in [-0.2, 0) is 13.1 Å². The number of likely N-dealkylation sites (tertiary alicyclic amines) is 1. The summed E-state index contributed by atoms with van der Waals surface area (Å²) >= 11 is 0. The number of benzene rings is 1. The number of piperidine rings is 1. The maximum Gasteiger partial charge on any atom is 0.182 e. The predicted molar refractivity (Wildman–Crippen MR) is 94.2 cm³/mol. The van der Waals surface area contributed by atoms with Gasteiger partial charge in [-0.3, -0.25) is 4.90 Å². The highest BCUT2D eigenvalue weighted by Crippen LogP contribution is 2.20. The summed E-state index contributed by atoms with van der Waals surface area (Å²) in [5.41, 5.74) is 2.91. The molecular weight excluding hydrogens is 298 g/mol. The van der Waals surface area contributed by atoms with Gasteiger partial charge in [-0.2, -0.15) is 5.26 Å². The Balaban J connectivity index is 1.69. The molecule has 0 saturated carbocycles. The van der Waals surface area contributed by atoms with Crippen molar-refractivity contribution in [3.8, 4) is 6.07 Å². The Labute approximate surface area is 143 Å². The molecule has 3 rings (SSSR count). The van der Waals surface area contributed by atoms with Crippen LogP contribution in [0.1, 0.15) is 36.6 Å². The van der Waals surface area contributed by atoms with E-state index in [1.54, 1.807) is 6.20 Å². The standard InChI is InChI=1S/C19H23N5/c1-15-5-4-10-24(13-15)14-17-7-3-2-6-16(17)12-23-19-18(11-20)21-8-9-22-19/h2-3,6-9,15H,4-5,10,12-14H2,1H3,(H,22,23). The van der Waals surface area contributed by atoms with Crippen molar-refractivity contribution in [2.45, 2.75) is 32.9 Å². The fourth-order valence-corrected chi connectivity index (χ4v) is 3.28. The van der Waals surface area contributed by atoms with Crippen LogP contribution in [0.25, 0.3) is 0 Å². The van der Waals surface area contributed by atoms with Crippen LogP contribution in [-0.4, -0.2) is 28.0 Å². The summed E-state index contributed by atoms with van der Waals surface area (Å²) in [6.45, 7) is 6.30. The first-order valence-electron chi connectivity index (χ1n) is 8.50. The minimum atomic E-state index is 0.333. The first-order chi connectivity index (χ1) is 11.8. The van der Waals surface area contributed by atoms with Gasteiger partial charge in [-0.25, -0.2) is 9.97 Å². The first-order valence-corrected chi connectivity index (χ1v) is 8.50. The second-order valence-corrected chi connectivity index (χ2v) is 6.47. The summed E-state index contributed by atoms with van der Waals surface area (Å²) in [7, 11) is 0. The topological polar surface area (TPSA) is 64.8 Å². The van der Waals surface area contributed by atoms with E-state index in [4.69, 9.17) is 5.26 Å². The van der Waals surface area contributed by atoms with Crippen molar-refractivity contribution in [2.24, 2.45) is 5.92 Å². The molecule has 0 spiro atoms. The number of nitrogens with zero attached hydrogens (tertiary/aromatic N) is 4. The Morgan fingerprint density at radius 2 is 2.04 bits per heavy atom. The summed E-state index contributed by atoms with van der Waals surface area (Å²) in [4.78, 5) is 10.8. The van der Waals surface area contributed by atoms with Gasteiger partial charge in [-0.15, -0.1) is 0 Å². The lowest BCUT2D eigenvalue weighted by Gasteiger charge is -2.31. The Hall–Kier alpha value is -2.45. The third kappa shape index (κ3) is 4.09. The van der Waals surface area contributed by atoms with E-state index in [1.807, 2.05) is 0 Å². The number of hydrogen-bond donors (Lipinski definition) is 1. The van der Waals surface area contributed by atoms with E-state index in [0.717, 1.165) is 12.5 Å². The Morgan fingerprint density at radius 3 is 2.83 bits per heavy atom. The number of hydrogen-bond acceptors (Lipinski definition) is 5. The van der Waals surface area contributed by atoms with Crippen LogP contribution in [0.2, 0.25) is 0 Å². The van der Waals surface area contributed by atoms with Crippen molar-refractivity contribution >= 4 is 5.82 Å². The van der Waals surface area contributed by atoms with Crippen LogP contribution in [0, 0.1) is 17.2 Å². The molecule has 5 heteroatoms. The lowest BCUT2D eigenvalue weighted by Crippen LogP contribution is -2.34. The minimum absolute atomic E-state index is 0.333. The van der Waals surface area contributed by atoms with Crippen molar-refractivity contribution in [2.75, 3.05) is 18.4 Å². The fourth-order valence-electron chi connectivity index (χ4n) is 3.28. The Kier molecular flexibility index (Phi) is 5.39. The molecule has 1 aliphatic rings. The highest BCUT2D eigenvalue weighted by atomic mass is 15.1. The molecule has 0 bridgehead atoms. The molecule has 1 atom stereocenters. The molecule has 1 aromatic heterocycles. The maximum absolute atomic E-state index is 9.11. The third-order valence-corrected chi connectivity index (χ3v) is 4.50. The van der Waals surface area contributed by atoms with Crippen molar-refractivity contribution in [3.05, 3.63) is 53.5 Å². The van der Waals surface area contributed by atoms with Gasteiger partial charge in [0, 0.05) is 32.0 Å². The minimum Gasteiger partial charge on any atom is -0.364 e. The van der Waals surface area contributed by atoms with Crippen LogP contribution >= 0.6 is 0 Å². The number of nitrogens with one attached hydrogen (secondary N) is 1. The second kappa shape index (κ2) is 7.89. The average molecular weight is 321 g/mol.